The predicted molar refractivity (Wildman–Crippen MR) is 81.7 cm³/mol. The third-order valence-electron chi connectivity index (χ3n) is 2.98. The summed E-state index contributed by atoms with van der Waals surface area (Å²) in [5.41, 5.74) is 2.68. The molecule has 0 N–H and O–H groups in total. The first-order chi connectivity index (χ1) is 9.56. The smallest absolute Gasteiger partial charge is 0.165 e. The van der Waals surface area contributed by atoms with Crippen molar-refractivity contribution in [1.29, 1.82) is 0 Å². The molecule has 0 aromatic heterocycles. The summed E-state index contributed by atoms with van der Waals surface area (Å²) in [7, 11) is 3.93. The van der Waals surface area contributed by atoms with Gasteiger partial charge in [-0.2, -0.15) is 0 Å². The molecule has 0 amide bonds. The second-order valence-electron chi connectivity index (χ2n) is 4.84. The van der Waals surface area contributed by atoms with Gasteiger partial charge >= 0.3 is 0 Å². The summed E-state index contributed by atoms with van der Waals surface area (Å²) in [5, 5.41) is 0. The van der Waals surface area contributed by atoms with E-state index < -0.39 is 0 Å². The van der Waals surface area contributed by atoms with Gasteiger partial charge in [0.15, 0.2) is 5.83 Å². The lowest BCUT2D eigenvalue weighted by Gasteiger charge is -2.12. The number of aryl methyl sites for hydroxylation is 1. The molecule has 0 atom stereocenters. The van der Waals surface area contributed by atoms with E-state index in [2.05, 4.69) is 0 Å². The maximum atomic E-state index is 13.9. The molecular formula is C17H18FNO. The first-order valence-electron chi connectivity index (χ1n) is 6.43. The summed E-state index contributed by atoms with van der Waals surface area (Å²) in [6.07, 6.45) is 1.13. The lowest BCUT2D eigenvalue weighted by Crippen LogP contribution is -2.07. The summed E-state index contributed by atoms with van der Waals surface area (Å²) >= 11 is 0. The standard InChI is InChI=1S/C17H18FNO/c1-13-4-6-14(7-5-13)17(18)12-20-16-10-8-15(9-11-16)19(2)3/h4-12H,1-3H3/b17-12-. The maximum absolute atomic E-state index is 13.9. The van der Waals surface area contributed by atoms with Crippen LogP contribution in [0.5, 0.6) is 5.75 Å². The van der Waals surface area contributed by atoms with Crippen molar-refractivity contribution >= 4 is 11.5 Å². The Morgan fingerprint density at radius 2 is 1.60 bits per heavy atom. The number of rotatable bonds is 4. The molecule has 0 heterocycles. The zero-order valence-corrected chi connectivity index (χ0v) is 11.9. The van der Waals surface area contributed by atoms with Crippen LogP contribution < -0.4 is 9.64 Å². The van der Waals surface area contributed by atoms with E-state index in [1.165, 1.54) is 0 Å². The largest absolute Gasteiger partial charge is 0.462 e. The Hall–Kier alpha value is -2.29. The highest BCUT2D eigenvalue weighted by molar-refractivity contribution is 5.58. The minimum atomic E-state index is -0.387. The third kappa shape index (κ3) is 3.60. The molecule has 2 rings (SSSR count). The maximum Gasteiger partial charge on any atom is 0.165 e. The van der Waals surface area contributed by atoms with E-state index in [1.54, 1.807) is 12.1 Å². The summed E-state index contributed by atoms with van der Waals surface area (Å²) in [5.74, 6) is 0.222. The molecule has 0 bridgehead atoms. The van der Waals surface area contributed by atoms with Crippen molar-refractivity contribution < 1.29 is 9.13 Å². The zero-order valence-electron chi connectivity index (χ0n) is 11.9. The highest BCUT2D eigenvalue weighted by atomic mass is 19.1. The van der Waals surface area contributed by atoms with Crippen LogP contribution in [0.1, 0.15) is 11.1 Å². The molecule has 3 heteroatoms. The fourth-order valence-electron chi connectivity index (χ4n) is 1.72. The van der Waals surface area contributed by atoms with Gasteiger partial charge in [0.2, 0.25) is 0 Å². The monoisotopic (exact) mass is 271 g/mol. The number of hydrogen-bond acceptors (Lipinski definition) is 2. The second-order valence-corrected chi connectivity index (χ2v) is 4.84. The van der Waals surface area contributed by atoms with Gasteiger partial charge in [-0.1, -0.05) is 29.8 Å². The average Bonchev–Trinajstić information content (AvgIpc) is 2.46. The average molecular weight is 271 g/mol. The Bertz CT molecular complexity index is 585. The van der Waals surface area contributed by atoms with Crippen molar-refractivity contribution in [3.8, 4) is 5.75 Å². The third-order valence-corrected chi connectivity index (χ3v) is 2.98. The van der Waals surface area contributed by atoms with E-state index in [9.17, 15) is 4.39 Å². The van der Waals surface area contributed by atoms with Gasteiger partial charge < -0.3 is 9.64 Å². The number of halogens is 1. The Morgan fingerprint density at radius 1 is 1.00 bits per heavy atom. The Labute approximate surface area is 119 Å². The Balaban J connectivity index is 2.06. The van der Waals surface area contributed by atoms with Crippen molar-refractivity contribution in [2.45, 2.75) is 6.92 Å². The van der Waals surface area contributed by atoms with E-state index in [-0.39, 0.29) is 5.83 Å². The zero-order chi connectivity index (χ0) is 14.5. The van der Waals surface area contributed by atoms with Gasteiger partial charge in [0.1, 0.15) is 12.0 Å². The van der Waals surface area contributed by atoms with Crippen LogP contribution in [-0.2, 0) is 0 Å². The fourth-order valence-corrected chi connectivity index (χ4v) is 1.72. The molecule has 0 spiro atoms. The van der Waals surface area contributed by atoms with Gasteiger partial charge in [0.05, 0.1) is 0 Å². The normalized spacial score (nSPS) is 11.3. The highest BCUT2D eigenvalue weighted by Gasteiger charge is 2.01. The molecule has 0 aliphatic carbocycles. The van der Waals surface area contributed by atoms with Crippen LogP contribution >= 0.6 is 0 Å². The number of anilines is 1. The first kappa shape index (κ1) is 14.1. The minimum Gasteiger partial charge on any atom is -0.462 e. The molecule has 20 heavy (non-hydrogen) atoms. The molecule has 104 valence electrons. The van der Waals surface area contributed by atoms with E-state index in [0.29, 0.717) is 11.3 Å². The van der Waals surface area contributed by atoms with Gasteiger partial charge in [0, 0.05) is 25.3 Å². The van der Waals surface area contributed by atoms with Crippen LogP contribution in [0.25, 0.3) is 5.83 Å². The van der Waals surface area contributed by atoms with Crippen LogP contribution in [-0.4, -0.2) is 14.1 Å². The van der Waals surface area contributed by atoms with E-state index >= 15 is 0 Å². The highest BCUT2D eigenvalue weighted by Crippen LogP contribution is 2.20. The molecule has 0 unspecified atom stereocenters. The van der Waals surface area contributed by atoms with Crippen LogP contribution in [0.3, 0.4) is 0 Å². The molecule has 2 aromatic carbocycles. The molecular weight excluding hydrogens is 253 g/mol. The van der Waals surface area contributed by atoms with Gasteiger partial charge in [-0.05, 0) is 31.2 Å². The van der Waals surface area contributed by atoms with Crippen LogP contribution in [0.4, 0.5) is 10.1 Å². The molecule has 0 radical (unpaired) electrons. The van der Waals surface area contributed by atoms with Crippen LogP contribution in [0, 0.1) is 6.92 Å². The molecule has 0 aliphatic rings. The minimum absolute atomic E-state index is 0.387. The quantitative estimate of drug-likeness (QED) is 0.764. The number of hydrogen-bond donors (Lipinski definition) is 0. The summed E-state index contributed by atoms with van der Waals surface area (Å²) in [4.78, 5) is 1.99. The summed E-state index contributed by atoms with van der Waals surface area (Å²) in [6.45, 7) is 1.97. The fraction of sp³-hybridized carbons (Fsp3) is 0.176. The molecule has 0 fully saturated rings. The van der Waals surface area contributed by atoms with Crippen LogP contribution in [0.15, 0.2) is 54.8 Å². The predicted octanol–water partition coefficient (Wildman–Crippen LogP) is 4.41. The Morgan fingerprint density at radius 3 is 2.15 bits per heavy atom. The topological polar surface area (TPSA) is 12.5 Å². The first-order valence-corrected chi connectivity index (χ1v) is 6.43. The van der Waals surface area contributed by atoms with Gasteiger partial charge in [-0.25, -0.2) is 4.39 Å². The van der Waals surface area contributed by atoms with Crippen molar-refractivity contribution in [1.82, 2.24) is 0 Å². The molecule has 2 aromatic rings. The van der Waals surface area contributed by atoms with Gasteiger partial charge in [-0.15, -0.1) is 0 Å². The van der Waals surface area contributed by atoms with Crippen molar-refractivity contribution in [2.24, 2.45) is 0 Å². The molecule has 0 saturated heterocycles. The van der Waals surface area contributed by atoms with Crippen molar-refractivity contribution in [3.63, 3.8) is 0 Å². The second kappa shape index (κ2) is 6.24. The molecule has 0 aliphatic heterocycles. The van der Waals surface area contributed by atoms with Crippen molar-refractivity contribution in [2.75, 3.05) is 19.0 Å². The van der Waals surface area contributed by atoms with E-state index in [1.807, 2.05) is 62.3 Å². The van der Waals surface area contributed by atoms with Crippen LogP contribution in [0.2, 0.25) is 0 Å². The van der Waals surface area contributed by atoms with E-state index in [4.69, 9.17) is 4.74 Å². The van der Waals surface area contributed by atoms with Gasteiger partial charge in [0.25, 0.3) is 0 Å². The molecule has 0 saturated carbocycles. The van der Waals surface area contributed by atoms with E-state index in [0.717, 1.165) is 17.5 Å². The lowest BCUT2D eigenvalue weighted by atomic mass is 10.1. The number of ether oxygens (including phenoxy) is 1. The number of nitrogens with zero attached hydrogens (tertiary/aromatic N) is 1. The Kier molecular flexibility index (Phi) is 4.41. The summed E-state index contributed by atoms with van der Waals surface area (Å²) in [6, 6.07) is 14.7. The lowest BCUT2D eigenvalue weighted by molar-refractivity contribution is 0.473. The molecule has 2 nitrogen and oxygen atoms in total. The SMILES string of the molecule is Cc1ccc(/C(F)=C/Oc2ccc(N(C)C)cc2)cc1. The number of benzene rings is 2. The summed E-state index contributed by atoms with van der Waals surface area (Å²) < 4.78 is 19.2. The van der Waals surface area contributed by atoms with Crippen molar-refractivity contribution in [3.05, 3.63) is 65.9 Å². The van der Waals surface area contributed by atoms with Gasteiger partial charge in [-0.3, -0.25) is 0 Å².